The van der Waals surface area contributed by atoms with Crippen LogP contribution in [0, 0.1) is 5.92 Å². The second kappa shape index (κ2) is 4.30. The van der Waals surface area contributed by atoms with Crippen molar-refractivity contribution in [2.45, 2.75) is 40.3 Å². The Morgan fingerprint density at radius 3 is 2.50 bits per heavy atom. The highest BCUT2D eigenvalue weighted by molar-refractivity contribution is 5.31. The van der Waals surface area contributed by atoms with E-state index in [1.165, 1.54) is 0 Å². The molecule has 1 rings (SSSR count). The summed E-state index contributed by atoms with van der Waals surface area (Å²) in [5.41, 5.74) is 5.71. The van der Waals surface area contributed by atoms with Crippen molar-refractivity contribution in [3.8, 4) is 0 Å². The van der Waals surface area contributed by atoms with Gasteiger partial charge in [-0.15, -0.1) is 5.10 Å². The molecule has 0 aromatic carbocycles. The number of aromatic nitrogens is 3. The van der Waals surface area contributed by atoms with Gasteiger partial charge >= 0.3 is 0 Å². The Labute approximate surface area is 84.7 Å². The maximum atomic E-state index is 5.71. The highest BCUT2D eigenvalue weighted by Crippen LogP contribution is 2.08. The number of anilines is 2. The molecule has 0 saturated carbocycles. The first-order chi connectivity index (χ1) is 6.49. The maximum Gasteiger partial charge on any atom is 0.244 e. The Kier molecular flexibility index (Phi) is 3.33. The Bertz CT molecular complexity index is 289. The van der Waals surface area contributed by atoms with E-state index in [0.717, 1.165) is 6.54 Å². The van der Waals surface area contributed by atoms with Crippen LogP contribution in [0.25, 0.3) is 0 Å². The molecule has 0 amide bonds. The quantitative estimate of drug-likeness (QED) is 0.764. The van der Waals surface area contributed by atoms with E-state index in [1.807, 2.05) is 13.8 Å². The minimum atomic E-state index is 0.323. The highest BCUT2D eigenvalue weighted by Gasteiger charge is 2.08. The maximum absolute atomic E-state index is 5.71. The number of nitrogens with two attached hydrogens (primary N) is 1. The first kappa shape index (κ1) is 10.8. The van der Waals surface area contributed by atoms with Gasteiger partial charge in [-0.2, -0.15) is 4.98 Å². The topological polar surface area (TPSA) is 68.8 Å². The molecule has 80 valence electrons. The molecule has 0 saturated heterocycles. The number of nitrogens with one attached hydrogen (secondary N) is 1. The van der Waals surface area contributed by atoms with E-state index in [-0.39, 0.29) is 0 Å². The summed E-state index contributed by atoms with van der Waals surface area (Å²) < 4.78 is 1.73. The molecule has 5 heteroatoms. The van der Waals surface area contributed by atoms with Crippen molar-refractivity contribution in [2.24, 2.45) is 5.92 Å². The minimum absolute atomic E-state index is 0.323. The number of nitrogens with zero attached hydrogens (tertiary/aromatic N) is 3. The lowest BCUT2D eigenvalue weighted by Gasteiger charge is -2.05. The van der Waals surface area contributed by atoms with Gasteiger partial charge in [0.05, 0.1) is 0 Å². The molecule has 1 aromatic heterocycles. The standard InChI is InChI=1S/C9H19N5/c1-6(2)5-14-8(10)12-9(13-14)11-7(3)4/h6-7H,5H2,1-4H3,(H3,10,11,12,13). The van der Waals surface area contributed by atoms with Gasteiger partial charge in [0, 0.05) is 12.6 Å². The van der Waals surface area contributed by atoms with Gasteiger partial charge in [-0.25, -0.2) is 4.68 Å². The predicted octanol–water partition coefficient (Wildman–Crippen LogP) is 1.34. The second-order valence-corrected chi connectivity index (χ2v) is 4.17. The zero-order valence-electron chi connectivity index (χ0n) is 9.28. The molecule has 0 fully saturated rings. The van der Waals surface area contributed by atoms with Crippen molar-refractivity contribution in [3.63, 3.8) is 0 Å². The molecular weight excluding hydrogens is 178 g/mol. The lowest BCUT2D eigenvalue weighted by Crippen LogP contribution is -2.12. The zero-order valence-corrected chi connectivity index (χ0v) is 9.28. The van der Waals surface area contributed by atoms with Crippen molar-refractivity contribution < 1.29 is 0 Å². The monoisotopic (exact) mass is 197 g/mol. The van der Waals surface area contributed by atoms with Crippen LogP contribution in [0.5, 0.6) is 0 Å². The lowest BCUT2D eigenvalue weighted by atomic mass is 10.2. The summed E-state index contributed by atoms with van der Waals surface area (Å²) in [4.78, 5) is 4.12. The van der Waals surface area contributed by atoms with Gasteiger partial charge in [0.2, 0.25) is 11.9 Å². The van der Waals surface area contributed by atoms with Gasteiger partial charge in [0.1, 0.15) is 0 Å². The molecule has 1 aromatic rings. The molecule has 0 atom stereocenters. The number of nitrogen functional groups attached to an aromatic ring is 1. The molecule has 0 aliphatic rings. The Morgan fingerprint density at radius 1 is 1.36 bits per heavy atom. The fraction of sp³-hybridized carbons (Fsp3) is 0.778. The van der Waals surface area contributed by atoms with Crippen LogP contribution in [0.15, 0.2) is 0 Å². The molecule has 0 bridgehead atoms. The van der Waals surface area contributed by atoms with E-state index in [2.05, 4.69) is 29.2 Å². The molecule has 1 heterocycles. The summed E-state index contributed by atoms with van der Waals surface area (Å²) in [6.45, 7) is 9.13. The van der Waals surface area contributed by atoms with E-state index in [4.69, 9.17) is 5.73 Å². The molecule has 14 heavy (non-hydrogen) atoms. The highest BCUT2D eigenvalue weighted by atomic mass is 15.4. The van der Waals surface area contributed by atoms with Crippen molar-refractivity contribution in [1.82, 2.24) is 14.8 Å². The second-order valence-electron chi connectivity index (χ2n) is 4.17. The Hall–Kier alpha value is -1.26. The SMILES string of the molecule is CC(C)Cn1nc(NC(C)C)nc1N. The van der Waals surface area contributed by atoms with Crippen LogP contribution in [0.1, 0.15) is 27.7 Å². The van der Waals surface area contributed by atoms with E-state index >= 15 is 0 Å². The average Bonchev–Trinajstić information content (AvgIpc) is 2.28. The summed E-state index contributed by atoms with van der Waals surface area (Å²) in [5, 5.41) is 7.38. The summed E-state index contributed by atoms with van der Waals surface area (Å²) in [5.74, 6) is 1.60. The van der Waals surface area contributed by atoms with Crippen molar-refractivity contribution in [3.05, 3.63) is 0 Å². The molecular formula is C9H19N5. The summed E-state index contributed by atoms with van der Waals surface area (Å²) in [6.07, 6.45) is 0. The van der Waals surface area contributed by atoms with Crippen LogP contribution in [0.2, 0.25) is 0 Å². The molecule has 0 spiro atoms. The Balaban J connectivity index is 2.72. The third-order valence-electron chi connectivity index (χ3n) is 1.66. The average molecular weight is 197 g/mol. The first-order valence-electron chi connectivity index (χ1n) is 4.96. The van der Waals surface area contributed by atoms with Gasteiger partial charge in [-0.05, 0) is 19.8 Å². The van der Waals surface area contributed by atoms with Crippen LogP contribution in [-0.2, 0) is 6.54 Å². The van der Waals surface area contributed by atoms with Gasteiger partial charge in [0.25, 0.3) is 0 Å². The first-order valence-corrected chi connectivity index (χ1v) is 4.96. The molecule has 0 aliphatic carbocycles. The van der Waals surface area contributed by atoms with E-state index < -0.39 is 0 Å². The normalized spacial score (nSPS) is 11.3. The van der Waals surface area contributed by atoms with Gasteiger partial charge in [-0.3, -0.25) is 0 Å². The summed E-state index contributed by atoms with van der Waals surface area (Å²) in [6, 6.07) is 0.323. The molecule has 0 radical (unpaired) electrons. The number of hydrogen-bond donors (Lipinski definition) is 2. The van der Waals surface area contributed by atoms with Gasteiger partial charge in [-0.1, -0.05) is 13.8 Å². The van der Waals surface area contributed by atoms with Gasteiger partial charge < -0.3 is 11.1 Å². The van der Waals surface area contributed by atoms with E-state index in [0.29, 0.717) is 23.9 Å². The fourth-order valence-corrected chi connectivity index (χ4v) is 1.15. The molecule has 5 nitrogen and oxygen atoms in total. The molecule has 0 aliphatic heterocycles. The van der Waals surface area contributed by atoms with E-state index in [9.17, 15) is 0 Å². The number of hydrogen-bond acceptors (Lipinski definition) is 4. The number of rotatable bonds is 4. The Morgan fingerprint density at radius 2 is 2.00 bits per heavy atom. The van der Waals surface area contributed by atoms with Crippen molar-refractivity contribution >= 4 is 11.9 Å². The van der Waals surface area contributed by atoms with Crippen LogP contribution in [-0.4, -0.2) is 20.8 Å². The smallest absolute Gasteiger partial charge is 0.244 e. The van der Waals surface area contributed by atoms with Crippen LogP contribution < -0.4 is 11.1 Å². The fourth-order valence-electron chi connectivity index (χ4n) is 1.15. The molecule has 0 unspecified atom stereocenters. The molecule has 3 N–H and O–H groups in total. The van der Waals surface area contributed by atoms with Gasteiger partial charge in [0.15, 0.2) is 0 Å². The van der Waals surface area contributed by atoms with Crippen molar-refractivity contribution in [1.29, 1.82) is 0 Å². The third-order valence-corrected chi connectivity index (χ3v) is 1.66. The van der Waals surface area contributed by atoms with Crippen LogP contribution >= 0.6 is 0 Å². The summed E-state index contributed by atoms with van der Waals surface area (Å²) in [7, 11) is 0. The largest absolute Gasteiger partial charge is 0.368 e. The van der Waals surface area contributed by atoms with E-state index in [1.54, 1.807) is 4.68 Å². The van der Waals surface area contributed by atoms with Crippen LogP contribution in [0.4, 0.5) is 11.9 Å². The minimum Gasteiger partial charge on any atom is -0.368 e. The third kappa shape index (κ3) is 2.90. The lowest BCUT2D eigenvalue weighted by molar-refractivity contribution is 0.488. The predicted molar refractivity (Wildman–Crippen MR) is 58.0 cm³/mol. The van der Waals surface area contributed by atoms with Crippen molar-refractivity contribution in [2.75, 3.05) is 11.1 Å². The van der Waals surface area contributed by atoms with Crippen LogP contribution in [0.3, 0.4) is 0 Å². The summed E-state index contributed by atoms with van der Waals surface area (Å²) >= 11 is 0. The zero-order chi connectivity index (χ0) is 10.7.